The zero-order chi connectivity index (χ0) is 26.6. The topological polar surface area (TPSA) is 119 Å². The van der Waals surface area contributed by atoms with Crippen molar-refractivity contribution in [2.45, 2.75) is 6.92 Å². The minimum atomic E-state index is -1.32. The summed E-state index contributed by atoms with van der Waals surface area (Å²) in [6, 6.07) is 6.21. The van der Waals surface area contributed by atoms with Crippen molar-refractivity contribution in [3.05, 3.63) is 35.4 Å². The number of carboxylic acid groups (broad SMARTS) is 1. The molecule has 3 rings (SSSR count). The van der Waals surface area contributed by atoms with E-state index in [1.807, 2.05) is 0 Å². The predicted octanol–water partition coefficient (Wildman–Crippen LogP) is 4.43. The Kier molecular flexibility index (Phi) is 7.98. The highest BCUT2D eigenvalue weighted by Crippen LogP contribution is 2.51. The lowest BCUT2D eigenvalue weighted by Crippen LogP contribution is -2.14. The van der Waals surface area contributed by atoms with Crippen LogP contribution in [0, 0.1) is 0 Å². The van der Waals surface area contributed by atoms with Gasteiger partial charge in [0.1, 0.15) is 0 Å². The smallest absolute Gasteiger partial charge is 0.339 e. The number of ether oxygens (including phenoxy) is 7. The fourth-order valence-corrected chi connectivity index (χ4v) is 4.13. The van der Waals surface area contributed by atoms with Gasteiger partial charge in [-0.1, -0.05) is 0 Å². The summed E-state index contributed by atoms with van der Waals surface area (Å²) in [5.74, 6) is -0.397. The quantitative estimate of drug-likeness (QED) is 0.400. The molecule has 0 fully saturated rings. The number of hydrogen-bond donors (Lipinski definition) is 1. The molecule has 0 radical (unpaired) electrons. The average Bonchev–Trinajstić information content (AvgIpc) is 2.89. The molecule has 0 saturated carbocycles. The first-order valence-electron chi connectivity index (χ1n) is 10.8. The molecule has 3 aromatic rings. The number of esters is 1. The molecule has 0 aromatic heterocycles. The largest absolute Gasteiger partial charge is 0.493 e. The number of carbonyl (C=O) groups excluding carboxylic acids is 1. The van der Waals surface area contributed by atoms with Gasteiger partial charge in [-0.2, -0.15) is 0 Å². The van der Waals surface area contributed by atoms with E-state index in [1.165, 1.54) is 48.7 Å². The lowest BCUT2D eigenvalue weighted by Gasteiger charge is -2.22. The summed E-state index contributed by atoms with van der Waals surface area (Å²) in [4.78, 5) is 25.6. The second-order valence-electron chi connectivity index (χ2n) is 7.36. The Morgan fingerprint density at radius 1 is 0.722 bits per heavy atom. The molecule has 3 aromatic carbocycles. The number of hydrogen-bond acceptors (Lipinski definition) is 9. The minimum Gasteiger partial charge on any atom is -0.493 e. The number of methoxy groups -OCH3 is 6. The monoisotopic (exact) mass is 500 g/mol. The zero-order valence-electron chi connectivity index (χ0n) is 21.1. The van der Waals surface area contributed by atoms with Crippen LogP contribution in [0.2, 0.25) is 0 Å². The first kappa shape index (κ1) is 26.3. The van der Waals surface area contributed by atoms with Crippen molar-refractivity contribution in [3.63, 3.8) is 0 Å². The first-order chi connectivity index (χ1) is 17.3. The molecule has 10 nitrogen and oxygen atoms in total. The fourth-order valence-electron chi connectivity index (χ4n) is 4.13. The van der Waals surface area contributed by atoms with E-state index in [-0.39, 0.29) is 34.8 Å². The molecule has 192 valence electrons. The van der Waals surface area contributed by atoms with Gasteiger partial charge < -0.3 is 38.3 Å². The SMILES string of the molecule is CCOC(=O)c1c(C(=O)O)cc2cc(OC)c(OC)c(OC)c2c1-c1cc(OC)c(OC)c(OC)c1. The van der Waals surface area contributed by atoms with E-state index in [0.29, 0.717) is 39.3 Å². The van der Waals surface area contributed by atoms with E-state index in [2.05, 4.69) is 0 Å². The van der Waals surface area contributed by atoms with Crippen molar-refractivity contribution >= 4 is 22.7 Å². The van der Waals surface area contributed by atoms with Gasteiger partial charge >= 0.3 is 11.9 Å². The Morgan fingerprint density at radius 3 is 1.69 bits per heavy atom. The highest BCUT2D eigenvalue weighted by Gasteiger charge is 2.30. The summed E-state index contributed by atoms with van der Waals surface area (Å²) in [5.41, 5.74) is 0.183. The number of carbonyl (C=O) groups is 2. The Balaban J connectivity index is 2.68. The van der Waals surface area contributed by atoms with Crippen molar-refractivity contribution in [3.8, 4) is 45.6 Å². The molecule has 0 bridgehead atoms. The van der Waals surface area contributed by atoms with Gasteiger partial charge in [-0.3, -0.25) is 0 Å². The normalized spacial score (nSPS) is 10.5. The van der Waals surface area contributed by atoms with Gasteiger partial charge in [-0.25, -0.2) is 9.59 Å². The fraction of sp³-hybridized carbons (Fsp3) is 0.308. The Hall–Kier alpha value is -4.34. The molecule has 0 spiro atoms. The van der Waals surface area contributed by atoms with Crippen molar-refractivity contribution in [1.29, 1.82) is 0 Å². The summed E-state index contributed by atoms with van der Waals surface area (Å²) < 4.78 is 38.4. The summed E-state index contributed by atoms with van der Waals surface area (Å²) in [6.45, 7) is 1.67. The molecular formula is C26H28O10. The number of fused-ring (bicyclic) bond motifs is 1. The van der Waals surface area contributed by atoms with Gasteiger partial charge in [0, 0.05) is 10.9 Å². The first-order valence-corrected chi connectivity index (χ1v) is 10.8. The van der Waals surface area contributed by atoms with E-state index in [1.54, 1.807) is 25.1 Å². The molecule has 0 aliphatic carbocycles. The lowest BCUT2D eigenvalue weighted by atomic mass is 9.88. The average molecular weight is 501 g/mol. The van der Waals surface area contributed by atoms with Crippen LogP contribution >= 0.6 is 0 Å². The molecular weight excluding hydrogens is 472 g/mol. The van der Waals surface area contributed by atoms with Crippen LogP contribution in [0.3, 0.4) is 0 Å². The summed E-state index contributed by atoms with van der Waals surface area (Å²) in [6.07, 6.45) is 0. The maximum atomic E-state index is 13.2. The van der Waals surface area contributed by atoms with Crippen molar-refractivity contribution in [2.75, 3.05) is 49.3 Å². The Morgan fingerprint density at radius 2 is 1.25 bits per heavy atom. The second kappa shape index (κ2) is 10.9. The number of rotatable bonds is 10. The predicted molar refractivity (Wildman–Crippen MR) is 132 cm³/mol. The molecule has 0 atom stereocenters. The molecule has 0 heterocycles. The molecule has 10 heteroatoms. The van der Waals surface area contributed by atoms with Crippen LogP contribution in [0.1, 0.15) is 27.6 Å². The van der Waals surface area contributed by atoms with E-state index in [4.69, 9.17) is 33.2 Å². The lowest BCUT2D eigenvalue weighted by molar-refractivity contribution is 0.0515. The summed E-state index contributed by atoms with van der Waals surface area (Å²) >= 11 is 0. The van der Waals surface area contributed by atoms with E-state index < -0.39 is 11.9 Å². The van der Waals surface area contributed by atoms with Crippen molar-refractivity contribution < 1.29 is 47.9 Å². The third-order valence-corrected chi connectivity index (χ3v) is 5.59. The van der Waals surface area contributed by atoms with E-state index in [9.17, 15) is 14.7 Å². The molecule has 1 N–H and O–H groups in total. The van der Waals surface area contributed by atoms with Gasteiger partial charge in [0.15, 0.2) is 23.0 Å². The van der Waals surface area contributed by atoms with Crippen molar-refractivity contribution in [2.24, 2.45) is 0 Å². The van der Waals surface area contributed by atoms with Gasteiger partial charge in [0.25, 0.3) is 0 Å². The van der Waals surface area contributed by atoms with Crippen LogP contribution < -0.4 is 28.4 Å². The number of carboxylic acids is 1. The van der Waals surface area contributed by atoms with Gasteiger partial charge in [-0.15, -0.1) is 0 Å². The van der Waals surface area contributed by atoms with Crippen LogP contribution in [0.4, 0.5) is 0 Å². The van der Waals surface area contributed by atoms with Gasteiger partial charge in [-0.05, 0) is 42.1 Å². The van der Waals surface area contributed by atoms with Crippen LogP contribution in [-0.2, 0) is 4.74 Å². The molecule has 0 aliphatic heterocycles. The maximum absolute atomic E-state index is 13.2. The van der Waals surface area contributed by atoms with Crippen LogP contribution in [0.15, 0.2) is 24.3 Å². The van der Waals surface area contributed by atoms with Crippen LogP contribution in [-0.4, -0.2) is 66.3 Å². The third-order valence-electron chi connectivity index (χ3n) is 5.59. The second-order valence-corrected chi connectivity index (χ2v) is 7.36. The molecule has 0 amide bonds. The zero-order valence-corrected chi connectivity index (χ0v) is 21.1. The number of benzene rings is 3. The molecule has 36 heavy (non-hydrogen) atoms. The molecule has 0 unspecified atom stereocenters. The van der Waals surface area contributed by atoms with Crippen molar-refractivity contribution in [1.82, 2.24) is 0 Å². The molecule has 0 saturated heterocycles. The summed E-state index contributed by atoms with van der Waals surface area (Å²) in [5, 5.41) is 10.9. The highest BCUT2D eigenvalue weighted by atomic mass is 16.5. The highest BCUT2D eigenvalue weighted by molar-refractivity contribution is 6.17. The molecule has 0 aliphatic rings. The maximum Gasteiger partial charge on any atom is 0.339 e. The summed E-state index contributed by atoms with van der Waals surface area (Å²) in [7, 11) is 8.70. The van der Waals surface area contributed by atoms with Gasteiger partial charge in [0.05, 0.1) is 60.4 Å². The van der Waals surface area contributed by atoms with Crippen LogP contribution in [0.5, 0.6) is 34.5 Å². The van der Waals surface area contributed by atoms with Crippen LogP contribution in [0.25, 0.3) is 21.9 Å². The van der Waals surface area contributed by atoms with Gasteiger partial charge in [0.2, 0.25) is 11.5 Å². The standard InChI is InChI=1S/C26H28O10/c1-8-36-26(29)21-15(25(27)28)9-13-10-18(32-4)23(34-6)24(35-7)20(13)19(21)14-11-16(30-2)22(33-5)17(12-14)31-3/h9-12H,8H2,1-7H3,(H,27,28). The Bertz CT molecular complexity index is 1290. The van der Waals surface area contributed by atoms with E-state index >= 15 is 0 Å². The van der Waals surface area contributed by atoms with E-state index in [0.717, 1.165) is 0 Å². The number of aromatic carboxylic acids is 1. The third kappa shape index (κ3) is 4.37. The minimum absolute atomic E-state index is 0.0354. The Labute approximate surface area is 208 Å².